The molecule has 1 aliphatic carbocycles. The third kappa shape index (κ3) is 1.63. The number of hydrogen-bond donors (Lipinski definition) is 2. The van der Waals surface area contributed by atoms with E-state index in [1.807, 2.05) is 0 Å². The van der Waals surface area contributed by atoms with Crippen LogP contribution in [0.5, 0.6) is 0 Å². The van der Waals surface area contributed by atoms with Gasteiger partial charge in [-0.15, -0.1) is 0 Å². The molecule has 0 spiro atoms. The summed E-state index contributed by atoms with van der Waals surface area (Å²) in [6, 6.07) is 0. The molecule has 6 atom stereocenters. The van der Waals surface area contributed by atoms with Gasteiger partial charge in [-0.05, 0) is 12.3 Å². The van der Waals surface area contributed by atoms with Crippen LogP contribution in [-0.4, -0.2) is 42.3 Å². The Kier molecular flexibility index (Phi) is 3.19. The van der Waals surface area contributed by atoms with E-state index in [1.165, 1.54) is 7.11 Å². The van der Waals surface area contributed by atoms with Gasteiger partial charge in [0, 0.05) is 25.6 Å². The summed E-state index contributed by atoms with van der Waals surface area (Å²) in [5, 5.41) is 19.2. The van der Waals surface area contributed by atoms with Gasteiger partial charge >= 0.3 is 5.97 Å². The van der Waals surface area contributed by atoms with Crippen LogP contribution in [0.4, 0.5) is 0 Å². The SMILES string of the molecule is CO[C@H]1OC(=O)[C@H](C)C2[C@@H]1[C@@H](CO)C[C@@H]2O. The highest BCUT2D eigenvalue weighted by Crippen LogP contribution is 2.47. The molecule has 0 radical (unpaired) electrons. The van der Waals surface area contributed by atoms with E-state index in [1.54, 1.807) is 6.92 Å². The summed E-state index contributed by atoms with van der Waals surface area (Å²) in [5.41, 5.74) is 0. The van der Waals surface area contributed by atoms with Crippen molar-refractivity contribution in [2.45, 2.75) is 25.7 Å². The Morgan fingerprint density at radius 3 is 2.75 bits per heavy atom. The highest BCUT2D eigenvalue weighted by atomic mass is 16.7. The number of carbonyl (C=O) groups is 1. The van der Waals surface area contributed by atoms with E-state index >= 15 is 0 Å². The molecule has 1 saturated carbocycles. The molecule has 2 rings (SSSR count). The number of aliphatic hydroxyl groups excluding tert-OH is 2. The molecule has 16 heavy (non-hydrogen) atoms. The van der Waals surface area contributed by atoms with Crippen molar-refractivity contribution in [3.63, 3.8) is 0 Å². The molecule has 1 saturated heterocycles. The van der Waals surface area contributed by atoms with Crippen LogP contribution in [0.2, 0.25) is 0 Å². The molecule has 1 aliphatic heterocycles. The molecule has 2 fully saturated rings. The maximum Gasteiger partial charge on any atom is 0.311 e. The van der Waals surface area contributed by atoms with Crippen molar-refractivity contribution < 1.29 is 24.5 Å². The van der Waals surface area contributed by atoms with Crippen molar-refractivity contribution in [1.29, 1.82) is 0 Å². The van der Waals surface area contributed by atoms with Crippen molar-refractivity contribution in [3.8, 4) is 0 Å². The summed E-state index contributed by atoms with van der Waals surface area (Å²) in [7, 11) is 1.48. The molecule has 0 aromatic rings. The Labute approximate surface area is 94.4 Å². The Morgan fingerprint density at radius 2 is 2.19 bits per heavy atom. The van der Waals surface area contributed by atoms with E-state index < -0.39 is 12.4 Å². The summed E-state index contributed by atoms with van der Waals surface area (Å²) in [5.74, 6) is -0.977. The molecular formula is C11H18O5. The number of ether oxygens (including phenoxy) is 2. The molecule has 0 bridgehead atoms. The van der Waals surface area contributed by atoms with Crippen LogP contribution in [-0.2, 0) is 14.3 Å². The quantitative estimate of drug-likeness (QED) is 0.640. The maximum atomic E-state index is 11.6. The third-order valence-corrected chi connectivity index (χ3v) is 3.94. The standard InChI is InChI=1S/C11H18O5/c1-5-8-7(13)3-6(4-12)9(8)11(15-2)16-10(5)14/h5-9,11-13H,3-4H2,1-2H3/t5-,6-,7+,8?,9+,11+/m1/s1. The minimum Gasteiger partial charge on any atom is -0.435 e. The second-order valence-corrected chi connectivity index (χ2v) is 4.73. The summed E-state index contributed by atoms with van der Waals surface area (Å²) < 4.78 is 10.3. The average Bonchev–Trinajstić information content (AvgIpc) is 2.61. The molecule has 5 heteroatoms. The largest absolute Gasteiger partial charge is 0.435 e. The zero-order valence-corrected chi connectivity index (χ0v) is 9.50. The summed E-state index contributed by atoms with van der Waals surface area (Å²) >= 11 is 0. The number of rotatable bonds is 2. The van der Waals surface area contributed by atoms with E-state index in [4.69, 9.17) is 9.47 Å². The second kappa shape index (κ2) is 4.31. The Balaban J connectivity index is 2.27. The maximum absolute atomic E-state index is 11.6. The number of aliphatic hydroxyl groups is 2. The van der Waals surface area contributed by atoms with Gasteiger partial charge in [-0.2, -0.15) is 0 Å². The average molecular weight is 230 g/mol. The van der Waals surface area contributed by atoms with Gasteiger partial charge in [-0.1, -0.05) is 6.92 Å². The molecular weight excluding hydrogens is 212 g/mol. The number of hydrogen-bond acceptors (Lipinski definition) is 5. The van der Waals surface area contributed by atoms with Gasteiger partial charge in [0.05, 0.1) is 12.0 Å². The Morgan fingerprint density at radius 1 is 1.50 bits per heavy atom. The minimum atomic E-state index is -0.636. The van der Waals surface area contributed by atoms with Gasteiger partial charge in [-0.3, -0.25) is 4.79 Å². The summed E-state index contributed by atoms with van der Waals surface area (Å²) in [6.45, 7) is 1.75. The number of fused-ring (bicyclic) bond motifs is 1. The molecule has 2 aliphatic rings. The third-order valence-electron chi connectivity index (χ3n) is 3.94. The fourth-order valence-electron chi connectivity index (χ4n) is 3.12. The lowest BCUT2D eigenvalue weighted by Gasteiger charge is -2.38. The van der Waals surface area contributed by atoms with E-state index in [0.717, 1.165) is 0 Å². The Bertz CT molecular complexity index is 280. The topological polar surface area (TPSA) is 76.0 Å². The predicted octanol–water partition coefficient (Wildman–Crippen LogP) is -0.243. The monoisotopic (exact) mass is 230 g/mol. The first-order chi connectivity index (χ1) is 7.60. The highest BCUT2D eigenvalue weighted by Gasteiger charge is 2.54. The minimum absolute atomic E-state index is 0.0116. The summed E-state index contributed by atoms with van der Waals surface area (Å²) in [6.07, 6.45) is -0.683. The second-order valence-electron chi connectivity index (χ2n) is 4.73. The molecule has 0 aromatic carbocycles. The number of cyclic esters (lactones) is 1. The fourth-order valence-corrected chi connectivity index (χ4v) is 3.12. The number of methoxy groups -OCH3 is 1. The Hall–Kier alpha value is -0.650. The van der Waals surface area contributed by atoms with Crippen LogP contribution < -0.4 is 0 Å². The zero-order chi connectivity index (χ0) is 11.9. The van der Waals surface area contributed by atoms with E-state index in [-0.39, 0.29) is 36.2 Å². The normalized spacial score (nSPS) is 47.6. The van der Waals surface area contributed by atoms with Crippen molar-refractivity contribution >= 4 is 5.97 Å². The van der Waals surface area contributed by atoms with Crippen molar-refractivity contribution in [2.75, 3.05) is 13.7 Å². The zero-order valence-electron chi connectivity index (χ0n) is 9.50. The summed E-state index contributed by atoms with van der Waals surface area (Å²) in [4.78, 5) is 11.6. The molecule has 1 heterocycles. The van der Waals surface area contributed by atoms with Gasteiger partial charge in [0.25, 0.3) is 0 Å². The van der Waals surface area contributed by atoms with E-state index in [0.29, 0.717) is 6.42 Å². The van der Waals surface area contributed by atoms with Crippen LogP contribution in [0.3, 0.4) is 0 Å². The van der Waals surface area contributed by atoms with Crippen LogP contribution in [0.25, 0.3) is 0 Å². The first-order valence-corrected chi connectivity index (χ1v) is 5.62. The lowest BCUT2D eigenvalue weighted by atomic mass is 9.79. The van der Waals surface area contributed by atoms with Gasteiger partial charge < -0.3 is 19.7 Å². The van der Waals surface area contributed by atoms with Crippen LogP contribution in [0, 0.1) is 23.7 Å². The van der Waals surface area contributed by atoms with Gasteiger partial charge in [0.1, 0.15) is 0 Å². The fraction of sp³-hybridized carbons (Fsp3) is 0.909. The number of esters is 1. The van der Waals surface area contributed by atoms with Gasteiger partial charge in [0.15, 0.2) is 0 Å². The highest BCUT2D eigenvalue weighted by molar-refractivity contribution is 5.73. The first kappa shape index (κ1) is 11.8. The van der Waals surface area contributed by atoms with Crippen LogP contribution >= 0.6 is 0 Å². The van der Waals surface area contributed by atoms with E-state index in [2.05, 4.69) is 0 Å². The molecule has 0 aromatic heterocycles. The lowest BCUT2D eigenvalue weighted by molar-refractivity contribution is -0.220. The van der Waals surface area contributed by atoms with Crippen molar-refractivity contribution in [3.05, 3.63) is 0 Å². The van der Waals surface area contributed by atoms with Crippen LogP contribution in [0.1, 0.15) is 13.3 Å². The molecule has 1 unspecified atom stereocenters. The smallest absolute Gasteiger partial charge is 0.311 e. The molecule has 2 N–H and O–H groups in total. The van der Waals surface area contributed by atoms with Crippen molar-refractivity contribution in [2.24, 2.45) is 23.7 Å². The number of carbonyl (C=O) groups excluding carboxylic acids is 1. The molecule has 5 nitrogen and oxygen atoms in total. The van der Waals surface area contributed by atoms with Gasteiger partial charge in [-0.25, -0.2) is 0 Å². The molecule has 92 valence electrons. The van der Waals surface area contributed by atoms with Crippen LogP contribution in [0.15, 0.2) is 0 Å². The van der Waals surface area contributed by atoms with Crippen molar-refractivity contribution in [1.82, 2.24) is 0 Å². The molecule has 0 amide bonds. The predicted molar refractivity (Wildman–Crippen MR) is 54.2 cm³/mol. The van der Waals surface area contributed by atoms with Gasteiger partial charge in [0.2, 0.25) is 6.29 Å². The lowest BCUT2D eigenvalue weighted by Crippen LogP contribution is -2.47. The first-order valence-electron chi connectivity index (χ1n) is 5.62. The van der Waals surface area contributed by atoms with E-state index in [9.17, 15) is 15.0 Å².